The van der Waals surface area contributed by atoms with Gasteiger partial charge in [-0.15, -0.1) is 0 Å². The maximum atomic E-state index is 5.92. The van der Waals surface area contributed by atoms with Gasteiger partial charge in [0.15, 0.2) is 0 Å². The van der Waals surface area contributed by atoms with Crippen LogP contribution in [0.5, 0.6) is 0 Å². The molecule has 1 heterocycles. The molecule has 1 aliphatic rings. The number of furan rings is 1. The van der Waals surface area contributed by atoms with Gasteiger partial charge in [-0.05, 0) is 48.8 Å². The molecule has 1 fully saturated rings. The van der Waals surface area contributed by atoms with Crippen LogP contribution in [-0.2, 0) is 6.54 Å². The summed E-state index contributed by atoms with van der Waals surface area (Å²) < 4.78 is 5.92. The first-order valence-corrected chi connectivity index (χ1v) is 7.78. The highest BCUT2D eigenvalue weighted by atomic mass is 16.3. The van der Waals surface area contributed by atoms with Gasteiger partial charge in [0.2, 0.25) is 0 Å². The van der Waals surface area contributed by atoms with Crippen LogP contribution in [0.4, 0.5) is 0 Å². The van der Waals surface area contributed by atoms with E-state index < -0.39 is 0 Å². The summed E-state index contributed by atoms with van der Waals surface area (Å²) in [6, 6.07) is 4.29. The third-order valence-electron chi connectivity index (χ3n) is 4.55. The predicted molar refractivity (Wildman–Crippen MR) is 80.1 cm³/mol. The molecular weight excluding hydrogens is 234 g/mol. The highest BCUT2D eigenvalue weighted by Gasteiger charge is 2.36. The molecule has 2 unspecified atom stereocenters. The third-order valence-corrected chi connectivity index (χ3v) is 4.55. The second-order valence-corrected chi connectivity index (χ2v) is 6.91. The van der Waals surface area contributed by atoms with Crippen molar-refractivity contribution < 1.29 is 4.42 Å². The van der Waals surface area contributed by atoms with E-state index in [4.69, 9.17) is 4.42 Å². The Kier molecular flexibility index (Phi) is 4.72. The lowest BCUT2D eigenvalue weighted by atomic mass is 9.85. The molecule has 1 saturated carbocycles. The van der Waals surface area contributed by atoms with Crippen molar-refractivity contribution in [3.8, 4) is 0 Å². The molecule has 2 rings (SSSR count). The Hall–Kier alpha value is -0.760. The maximum Gasteiger partial charge on any atom is 0.117 e. The van der Waals surface area contributed by atoms with E-state index in [9.17, 15) is 0 Å². The van der Waals surface area contributed by atoms with Crippen molar-refractivity contribution in [1.82, 2.24) is 5.32 Å². The lowest BCUT2D eigenvalue weighted by Gasteiger charge is -2.24. The Bertz CT molecular complexity index is 386. The van der Waals surface area contributed by atoms with Crippen molar-refractivity contribution in [2.45, 2.75) is 53.5 Å². The molecular formula is C17H29NO. The zero-order valence-electron chi connectivity index (χ0n) is 13.1. The average molecular weight is 263 g/mol. The van der Waals surface area contributed by atoms with E-state index in [0.717, 1.165) is 42.5 Å². The average Bonchev–Trinajstić information content (AvgIpc) is 2.88. The van der Waals surface area contributed by atoms with Crippen LogP contribution in [0, 0.1) is 23.7 Å². The van der Waals surface area contributed by atoms with Gasteiger partial charge in [-0.25, -0.2) is 0 Å². The van der Waals surface area contributed by atoms with Crippen LogP contribution in [0.1, 0.15) is 58.5 Å². The summed E-state index contributed by atoms with van der Waals surface area (Å²) in [5.41, 5.74) is 0. The minimum absolute atomic E-state index is 0.688. The molecule has 0 spiro atoms. The van der Waals surface area contributed by atoms with Crippen LogP contribution >= 0.6 is 0 Å². The summed E-state index contributed by atoms with van der Waals surface area (Å²) >= 11 is 0. The Morgan fingerprint density at radius 1 is 1.21 bits per heavy atom. The lowest BCUT2D eigenvalue weighted by Crippen LogP contribution is -2.29. The Morgan fingerprint density at radius 3 is 2.37 bits per heavy atom. The molecule has 1 N–H and O–H groups in total. The summed E-state index contributed by atoms with van der Waals surface area (Å²) in [4.78, 5) is 0. The normalized spacial score (nSPS) is 22.7. The van der Waals surface area contributed by atoms with Gasteiger partial charge in [-0.3, -0.25) is 0 Å². The lowest BCUT2D eigenvalue weighted by molar-refractivity contribution is 0.272. The summed E-state index contributed by atoms with van der Waals surface area (Å²) in [5, 5.41) is 3.55. The van der Waals surface area contributed by atoms with Crippen LogP contribution in [0.25, 0.3) is 0 Å². The van der Waals surface area contributed by atoms with Gasteiger partial charge in [-0.1, -0.05) is 34.6 Å². The molecule has 2 nitrogen and oxygen atoms in total. The molecule has 1 aromatic rings. The van der Waals surface area contributed by atoms with E-state index in [-0.39, 0.29) is 0 Å². The standard InChI is InChI=1S/C17H29NO/c1-11(2)16(12(3)4)10-18-9-14-6-7-17(19-14)15-8-13(15)5/h6-7,11-13,15-16,18H,8-10H2,1-5H3. The van der Waals surface area contributed by atoms with E-state index in [1.165, 1.54) is 12.2 Å². The highest BCUT2D eigenvalue weighted by Crippen LogP contribution is 2.47. The van der Waals surface area contributed by atoms with Gasteiger partial charge in [0.05, 0.1) is 6.54 Å². The molecule has 0 aromatic carbocycles. The van der Waals surface area contributed by atoms with Gasteiger partial charge < -0.3 is 9.73 Å². The monoisotopic (exact) mass is 263 g/mol. The molecule has 0 bridgehead atoms. The number of nitrogens with one attached hydrogen (secondary N) is 1. The molecule has 19 heavy (non-hydrogen) atoms. The molecule has 108 valence electrons. The second-order valence-electron chi connectivity index (χ2n) is 6.91. The van der Waals surface area contributed by atoms with Crippen LogP contribution in [0.15, 0.2) is 16.5 Å². The number of rotatable bonds is 7. The quantitative estimate of drug-likeness (QED) is 0.787. The first-order valence-electron chi connectivity index (χ1n) is 7.78. The minimum Gasteiger partial charge on any atom is -0.464 e. The fourth-order valence-corrected chi connectivity index (χ4v) is 3.01. The number of hydrogen-bond acceptors (Lipinski definition) is 2. The topological polar surface area (TPSA) is 25.2 Å². The maximum absolute atomic E-state index is 5.92. The Balaban J connectivity index is 1.77. The van der Waals surface area contributed by atoms with Crippen molar-refractivity contribution in [2.24, 2.45) is 23.7 Å². The first kappa shape index (κ1) is 14.6. The Labute approximate surface area is 118 Å². The van der Waals surface area contributed by atoms with E-state index in [1.54, 1.807) is 0 Å². The van der Waals surface area contributed by atoms with E-state index in [0.29, 0.717) is 5.92 Å². The third kappa shape index (κ3) is 3.85. The molecule has 1 aromatic heterocycles. The van der Waals surface area contributed by atoms with Crippen LogP contribution in [-0.4, -0.2) is 6.54 Å². The minimum atomic E-state index is 0.688. The van der Waals surface area contributed by atoms with Gasteiger partial charge >= 0.3 is 0 Å². The first-order chi connectivity index (χ1) is 8.99. The van der Waals surface area contributed by atoms with E-state index in [2.05, 4.69) is 52.1 Å². The van der Waals surface area contributed by atoms with Crippen molar-refractivity contribution in [1.29, 1.82) is 0 Å². The highest BCUT2D eigenvalue weighted by molar-refractivity contribution is 5.17. The zero-order valence-corrected chi connectivity index (χ0v) is 13.1. The summed E-state index contributed by atoms with van der Waals surface area (Å²) in [6.45, 7) is 13.5. The van der Waals surface area contributed by atoms with Crippen molar-refractivity contribution >= 4 is 0 Å². The zero-order chi connectivity index (χ0) is 14.0. The smallest absolute Gasteiger partial charge is 0.117 e. The van der Waals surface area contributed by atoms with Gasteiger partial charge in [0, 0.05) is 5.92 Å². The van der Waals surface area contributed by atoms with E-state index in [1.807, 2.05) is 0 Å². The second kappa shape index (κ2) is 6.13. The largest absolute Gasteiger partial charge is 0.464 e. The van der Waals surface area contributed by atoms with Crippen molar-refractivity contribution in [3.05, 3.63) is 23.7 Å². The van der Waals surface area contributed by atoms with Crippen molar-refractivity contribution in [2.75, 3.05) is 6.54 Å². The molecule has 0 radical (unpaired) electrons. The van der Waals surface area contributed by atoms with E-state index >= 15 is 0 Å². The molecule has 0 amide bonds. The molecule has 2 atom stereocenters. The van der Waals surface area contributed by atoms with Gasteiger partial charge in [0.25, 0.3) is 0 Å². The summed E-state index contributed by atoms with van der Waals surface area (Å²) in [7, 11) is 0. The Morgan fingerprint density at radius 2 is 1.84 bits per heavy atom. The molecule has 0 aliphatic heterocycles. The summed E-state index contributed by atoms with van der Waals surface area (Å²) in [6.07, 6.45) is 1.29. The van der Waals surface area contributed by atoms with Crippen LogP contribution in [0.2, 0.25) is 0 Å². The molecule has 2 heteroatoms. The van der Waals surface area contributed by atoms with Crippen LogP contribution in [0.3, 0.4) is 0 Å². The molecule has 0 saturated heterocycles. The fraction of sp³-hybridized carbons (Fsp3) is 0.765. The number of hydrogen-bond donors (Lipinski definition) is 1. The molecule has 1 aliphatic carbocycles. The van der Waals surface area contributed by atoms with Gasteiger partial charge in [0.1, 0.15) is 11.5 Å². The SMILES string of the molecule is CC(C)C(CNCc1ccc(C2CC2C)o1)C(C)C. The summed E-state index contributed by atoms with van der Waals surface area (Å²) in [5.74, 6) is 5.97. The predicted octanol–water partition coefficient (Wildman–Crippen LogP) is 4.42. The van der Waals surface area contributed by atoms with Crippen molar-refractivity contribution in [3.63, 3.8) is 0 Å². The van der Waals surface area contributed by atoms with Crippen LogP contribution < -0.4 is 5.32 Å². The van der Waals surface area contributed by atoms with Gasteiger partial charge in [-0.2, -0.15) is 0 Å². The fourth-order valence-electron chi connectivity index (χ4n) is 3.01.